The second-order valence-corrected chi connectivity index (χ2v) is 10.4. The smallest absolute Gasteiger partial charge is 0.264 e. The highest BCUT2D eigenvalue weighted by Crippen LogP contribution is 2.26. The SMILES string of the molecule is C=CCNc1c(C(=O)NC(C)c2cc3cccc(C#CC(C)(C)C)c3c(=O)n2-c2ccccc2)c(N)nn1C. The first-order chi connectivity index (χ1) is 18.5. The van der Waals surface area contributed by atoms with Gasteiger partial charge in [-0.15, -0.1) is 6.58 Å². The number of benzene rings is 2. The lowest BCUT2D eigenvalue weighted by molar-refractivity contribution is 0.0940. The molecule has 4 aromatic rings. The van der Waals surface area contributed by atoms with Gasteiger partial charge in [0.05, 0.1) is 11.4 Å². The Morgan fingerprint density at radius 3 is 2.56 bits per heavy atom. The molecule has 0 fully saturated rings. The summed E-state index contributed by atoms with van der Waals surface area (Å²) in [6.45, 7) is 12.1. The lowest BCUT2D eigenvalue weighted by Crippen LogP contribution is -2.32. The molecule has 2 heterocycles. The van der Waals surface area contributed by atoms with E-state index < -0.39 is 11.9 Å². The molecular formula is C31H34N6O2. The van der Waals surface area contributed by atoms with Gasteiger partial charge in [-0.3, -0.25) is 18.8 Å². The van der Waals surface area contributed by atoms with Crippen molar-refractivity contribution in [3.63, 3.8) is 0 Å². The summed E-state index contributed by atoms with van der Waals surface area (Å²) in [5.41, 5.74) is 7.89. The number of aryl methyl sites for hydroxylation is 1. The van der Waals surface area contributed by atoms with Crippen LogP contribution in [0.3, 0.4) is 0 Å². The van der Waals surface area contributed by atoms with Crippen LogP contribution in [-0.2, 0) is 7.05 Å². The summed E-state index contributed by atoms with van der Waals surface area (Å²) in [6, 6.07) is 16.4. The third kappa shape index (κ3) is 5.73. The van der Waals surface area contributed by atoms with Crippen LogP contribution in [0.4, 0.5) is 11.6 Å². The van der Waals surface area contributed by atoms with Crippen molar-refractivity contribution in [3.05, 3.63) is 94.4 Å². The first-order valence-corrected chi connectivity index (χ1v) is 12.8. The van der Waals surface area contributed by atoms with Crippen LogP contribution < -0.4 is 21.9 Å². The van der Waals surface area contributed by atoms with E-state index >= 15 is 0 Å². The van der Waals surface area contributed by atoms with Crippen molar-refractivity contribution in [2.24, 2.45) is 12.5 Å². The standard InChI is InChI=1S/C31H34N6O2/c1-7-18-33-28-26(27(32)35-36(28)6)29(38)34-20(2)24-19-22-13-11-12-21(16-17-31(3,4)5)25(22)30(39)37(24)23-14-9-8-10-15-23/h7-15,19-20,33H,1,18H2,2-6H3,(H2,32,35)(H,34,38). The van der Waals surface area contributed by atoms with Crippen LogP contribution in [0, 0.1) is 17.3 Å². The van der Waals surface area contributed by atoms with Crippen molar-refractivity contribution in [2.75, 3.05) is 17.6 Å². The molecular weight excluding hydrogens is 488 g/mol. The van der Waals surface area contributed by atoms with Gasteiger partial charge in [0.25, 0.3) is 11.5 Å². The van der Waals surface area contributed by atoms with Crippen LogP contribution in [0.2, 0.25) is 0 Å². The maximum Gasteiger partial charge on any atom is 0.264 e. The van der Waals surface area contributed by atoms with E-state index in [1.807, 2.05) is 82.3 Å². The fourth-order valence-corrected chi connectivity index (χ4v) is 4.39. The number of nitrogens with two attached hydrogens (primary N) is 1. The Bertz CT molecular complexity index is 1660. The van der Waals surface area contributed by atoms with Crippen molar-refractivity contribution >= 4 is 28.3 Å². The number of amides is 1. The van der Waals surface area contributed by atoms with E-state index in [2.05, 4.69) is 34.2 Å². The number of anilines is 2. The molecule has 2 aromatic carbocycles. The van der Waals surface area contributed by atoms with Crippen molar-refractivity contribution in [2.45, 2.75) is 33.7 Å². The highest BCUT2D eigenvalue weighted by atomic mass is 16.2. The van der Waals surface area contributed by atoms with Crippen LogP contribution >= 0.6 is 0 Å². The minimum Gasteiger partial charge on any atom is -0.381 e. The normalized spacial score (nSPS) is 11.9. The monoisotopic (exact) mass is 522 g/mol. The Morgan fingerprint density at radius 1 is 1.18 bits per heavy atom. The van der Waals surface area contributed by atoms with Crippen LogP contribution in [0.5, 0.6) is 0 Å². The molecule has 4 rings (SSSR count). The number of fused-ring (bicyclic) bond motifs is 1. The quantitative estimate of drug-likeness (QED) is 0.239. The topological polar surface area (TPSA) is 107 Å². The fourth-order valence-electron chi connectivity index (χ4n) is 4.39. The minimum absolute atomic E-state index is 0.106. The largest absolute Gasteiger partial charge is 0.381 e. The molecule has 4 N–H and O–H groups in total. The van der Waals surface area contributed by atoms with E-state index in [0.29, 0.717) is 34.7 Å². The molecule has 39 heavy (non-hydrogen) atoms. The van der Waals surface area contributed by atoms with E-state index in [9.17, 15) is 9.59 Å². The molecule has 0 spiro atoms. The number of nitrogen functional groups attached to an aromatic ring is 1. The fraction of sp³-hybridized carbons (Fsp3) is 0.258. The lowest BCUT2D eigenvalue weighted by Gasteiger charge is -2.21. The number of rotatable bonds is 7. The number of hydrogen-bond acceptors (Lipinski definition) is 5. The summed E-state index contributed by atoms with van der Waals surface area (Å²) < 4.78 is 3.16. The number of nitrogens with one attached hydrogen (secondary N) is 2. The molecule has 0 bridgehead atoms. The predicted molar refractivity (Wildman–Crippen MR) is 158 cm³/mol. The summed E-state index contributed by atoms with van der Waals surface area (Å²) in [7, 11) is 1.71. The van der Waals surface area contributed by atoms with E-state index in [1.54, 1.807) is 17.7 Å². The Balaban J connectivity index is 1.86. The number of para-hydroxylation sites is 1. The lowest BCUT2D eigenvalue weighted by atomic mass is 9.96. The summed E-state index contributed by atoms with van der Waals surface area (Å²) >= 11 is 0. The average Bonchev–Trinajstić information content (AvgIpc) is 3.18. The molecule has 1 amide bonds. The molecule has 8 nitrogen and oxygen atoms in total. The number of carbonyl (C=O) groups is 1. The highest BCUT2D eigenvalue weighted by molar-refractivity contribution is 6.03. The molecule has 0 saturated heterocycles. The molecule has 200 valence electrons. The van der Waals surface area contributed by atoms with Crippen molar-refractivity contribution < 1.29 is 4.79 Å². The number of pyridine rings is 1. The van der Waals surface area contributed by atoms with E-state index in [-0.39, 0.29) is 22.4 Å². The second kappa shape index (κ2) is 10.9. The van der Waals surface area contributed by atoms with Crippen molar-refractivity contribution in [3.8, 4) is 17.5 Å². The molecule has 0 saturated carbocycles. The van der Waals surface area contributed by atoms with E-state index in [1.165, 1.54) is 4.68 Å². The predicted octanol–water partition coefficient (Wildman–Crippen LogP) is 4.79. The molecule has 0 aliphatic rings. The molecule has 2 aromatic heterocycles. The molecule has 8 heteroatoms. The Hall–Kier alpha value is -4.77. The van der Waals surface area contributed by atoms with Crippen LogP contribution in [0.1, 0.15) is 55.4 Å². The first kappa shape index (κ1) is 27.3. The van der Waals surface area contributed by atoms with Gasteiger partial charge in [0.15, 0.2) is 5.82 Å². The number of carbonyl (C=O) groups excluding carboxylic acids is 1. The Morgan fingerprint density at radius 2 is 1.90 bits per heavy atom. The summed E-state index contributed by atoms with van der Waals surface area (Å²) in [5.74, 6) is 6.63. The molecule has 1 unspecified atom stereocenters. The van der Waals surface area contributed by atoms with Gasteiger partial charge < -0.3 is 16.4 Å². The maximum atomic E-state index is 14.1. The zero-order chi connectivity index (χ0) is 28.3. The summed E-state index contributed by atoms with van der Waals surface area (Å²) in [6.07, 6.45) is 1.68. The van der Waals surface area contributed by atoms with Gasteiger partial charge >= 0.3 is 0 Å². The molecule has 0 aliphatic heterocycles. The zero-order valence-electron chi connectivity index (χ0n) is 23.0. The van der Waals surface area contributed by atoms with Crippen LogP contribution in [0.25, 0.3) is 16.5 Å². The van der Waals surface area contributed by atoms with Gasteiger partial charge in [-0.1, -0.05) is 48.2 Å². The van der Waals surface area contributed by atoms with Crippen molar-refractivity contribution in [1.29, 1.82) is 0 Å². The third-order valence-electron chi connectivity index (χ3n) is 6.17. The van der Waals surface area contributed by atoms with Crippen LogP contribution in [0.15, 0.2) is 72.0 Å². The minimum atomic E-state index is -0.550. The van der Waals surface area contributed by atoms with E-state index in [4.69, 9.17) is 5.73 Å². The Kier molecular flexibility index (Phi) is 7.63. The van der Waals surface area contributed by atoms with Gasteiger partial charge in [0.1, 0.15) is 11.4 Å². The van der Waals surface area contributed by atoms with Crippen molar-refractivity contribution in [1.82, 2.24) is 19.7 Å². The van der Waals surface area contributed by atoms with Gasteiger partial charge in [-0.25, -0.2) is 0 Å². The second-order valence-electron chi connectivity index (χ2n) is 10.4. The average molecular weight is 523 g/mol. The summed E-state index contributed by atoms with van der Waals surface area (Å²) in [5, 5.41) is 11.6. The van der Waals surface area contributed by atoms with Crippen LogP contribution in [-0.4, -0.2) is 26.8 Å². The summed E-state index contributed by atoms with van der Waals surface area (Å²) in [4.78, 5) is 27.6. The first-order valence-electron chi connectivity index (χ1n) is 12.8. The van der Waals surface area contributed by atoms with E-state index in [0.717, 1.165) is 5.39 Å². The van der Waals surface area contributed by atoms with Gasteiger partial charge in [0.2, 0.25) is 0 Å². The molecule has 0 radical (unpaired) electrons. The third-order valence-corrected chi connectivity index (χ3v) is 6.17. The maximum absolute atomic E-state index is 14.1. The number of hydrogen-bond donors (Lipinski definition) is 3. The number of aromatic nitrogens is 3. The Labute approximate surface area is 228 Å². The zero-order valence-corrected chi connectivity index (χ0v) is 23.0. The molecule has 1 atom stereocenters. The molecule has 0 aliphatic carbocycles. The number of nitrogens with zero attached hydrogens (tertiary/aromatic N) is 3. The highest BCUT2D eigenvalue weighted by Gasteiger charge is 2.25. The van der Waals surface area contributed by atoms with Gasteiger partial charge in [0, 0.05) is 36.0 Å². The van der Waals surface area contributed by atoms with Gasteiger partial charge in [-0.2, -0.15) is 5.10 Å². The van der Waals surface area contributed by atoms with Gasteiger partial charge in [-0.05, 0) is 57.3 Å².